The molecule has 2 rings (SSSR count). The minimum atomic E-state index is -4.45. The SMILES string of the molecule is Cc1ccnc(C[C@H](C)N(C)C(=O)NCc2ccccc2C(F)(F)F)c1. The van der Waals surface area contributed by atoms with E-state index >= 15 is 0 Å². The van der Waals surface area contributed by atoms with Crippen LogP contribution < -0.4 is 5.32 Å². The summed E-state index contributed by atoms with van der Waals surface area (Å²) < 4.78 is 39.0. The van der Waals surface area contributed by atoms with Gasteiger partial charge in [-0.2, -0.15) is 13.2 Å². The van der Waals surface area contributed by atoms with Crippen molar-refractivity contribution in [3.63, 3.8) is 0 Å². The van der Waals surface area contributed by atoms with Crippen LogP contribution in [-0.2, 0) is 19.1 Å². The molecule has 0 bridgehead atoms. The number of aromatic nitrogens is 1. The predicted molar refractivity (Wildman–Crippen MR) is 93.6 cm³/mol. The molecule has 2 amide bonds. The van der Waals surface area contributed by atoms with Crippen molar-refractivity contribution >= 4 is 6.03 Å². The zero-order chi connectivity index (χ0) is 19.3. The fourth-order valence-electron chi connectivity index (χ4n) is 2.60. The second-order valence-electron chi connectivity index (χ2n) is 6.30. The molecule has 1 aromatic carbocycles. The van der Waals surface area contributed by atoms with Crippen LogP contribution in [0.25, 0.3) is 0 Å². The van der Waals surface area contributed by atoms with Gasteiger partial charge in [0, 0.05) is 37.9 Å². The minimum absolute atomic E-state index is 0.0368. The zero-order valence-corrected chi connectivity index (χ0v) is 15.0. The second kappa shape index (κ2) is 8.21. The summed E-state index contributed by atoms with van der Waals surface area (Å²) >= 11 is 0. The molecule has 0 aliphatic carbocycles. The number of urea groups is 1. The van der Waals surface area contributed by atoms with Crippen LogP contribution in [0.1, 0.15) is 29.3 Å². The molecule has 1 atom stereocenters. The number of hydrogen-bond donors (Lipinski definition) is 1. The van der Waals surface area contributed by atoms with E-state index in [4.69, 9.17) is 0 Å². The first-order chi connectivity index (χ1) is 12.2. The van der Waals surface area contributed by atoms with Gasteiger partial charge in [-0.05, 0) is 43.2 Å². The number of carbonyl (C=O) groups is 1. The average molecular weight is 365 g/mol. The van der Waals surface area contributed by atoms with E-state index < -0.39 is 17.8 Å². The molecule has 0 aliphatic heterocycles. The van der Waals surface area contributed by atoms with Crippen LogP contribution in [0, 0.1) is 6.92 Å². The predicted octanol–water partition coefficient (Wildman–Crippen LogP) is 4.18. The molecule has 1 aromatic heterocycles. The number of likely N-dealkylation sites (N-methyl/N-ethyl adjacent to an activating group) is 1. The van der Waals surface area contributed by atoms with Crippen LogP contribution in [0.3, 0.4) is 0 Å². The minimum Gasteiger partial charge on any atom is -0.334 e. The third-order valence-corrected chi connectivity index (χ3v) is 4.21. The zero-order valence-electron chi connectivity index (χ0n) is 15.0. The average Bonchev–Trinajstić information content (AvgIpc) is 2.58. The fourth-order valence-corrected chi connectivity index (χ4v) is 2.60. The van der Waals surface area contributed by atoms with Crippen molar-refractivity contribution in [2.45, 2.75) is 39.0 Å². The van der Waals surface area contributed by atoms with Crippen molar-refractivity contribution in [1.82, 2.24) is 15.2 Å². The lowest BCUT2D eigenvalue weighted by Crippen LogP contribution is -2.43. The van der Waals surface area contributed by atoms with Gasteiger partial charge >= 0.3 is 12.2 Å². The van der Waals surface area contributed by atoms with Crippen LogP contribution in [0.2, 0.25) is 0 Å². The van der Waals surface area contributed by atoms with E-state index in [2.05, 4.69) is 10.3 Å². The summed E-state index contributed by atoms with van der Waals surface area (Å²) in [5.74, 6) is 0. The number of halogens is 3. The standard InChI is InChI=1S/C19H22F3N3O/c1-13-8-9-23-16(10-13)11-14(2)25(3)18(26)24-12-15-6-4-5-7-17(15)19(20,21)22/h4-10,14H,11-12H2,1-3H3,(H,24,26)/t14-/m0/s1. The van der Waals surface area contributed by atoms with Crippen molar-refractivity contribution in [2.24, 2.45) is 0 Å². The van der Waals surface area contributed by atoms with Crippen molar-refractivity contribution in [3.8, 4) is 0 Å². The molecule has 0 saturated heterocycles. The molecule has 0 saturated carbocycles. The molecule has 26 heavy (non-hydrogen) atoms. The Morgan fingerprint density at radius 3 is 2.62 bits per heavy atom. The maximum absolute atomic E-state index is 13.0. The van der Waals surface area contributed by atoms with Crippen LogP contribution in [0.5, 0.6) is 0 Å². The van der Waals surface area contributed by atoms with Crippen LogP contribution in [0.4, 0.5) is 18.0 Å². The highest BCUT2D eigenvalue weighted by molar-refractivity contribution is 5.74. The lowest BCUT2D eigenvalue weighted by Gasteiger charge is -2.25. The van der Waals surface area contributed by atoms with Gasteiger partial charge in [0.15, 0.2) is 0 Å². The van der Waals surface area contributed by atoms with Gasteiger partial charge in [0.05, 0.1) is 5.56 Å². The van der Waals surface area contributed by atoms with Gasteiger partial charge in [0.2, 0.25) is 0 Å². The Morgan fingerprint density at radius 1 is 1.27 bits per heavy atom. The number of carbonyl (C=O) groups excluding carboxylic acids is 1. The highest BCUT2D eigenvalue weighted by atomic mass is 19.4. The first-order valence-electron chi connectivity index (χ1n) is 8.25. The number of alkyl halides is 3. The summed E-state index contributed by atoms with van der Waals surface area (Å²) in [7, 11) is 1.62. The monoisotopic (exact) mass is 365 g/mol. The van der Waals surface area contributed by atoms with Gasteiger partial charge in [-0.15, -0.1) is 0 Å². The Hall–Kier alpha value is -2.57. The molecular formula is C19H22F3N3O. The number of pyridine rings is 1. The van der Waals surface area contributed by atoms with Crippen LogP contribution in [0.15, 0.2) is 42.6 Å². The Morgan fingerprint density at radius 2 is 1.96 bits per heavy atom. The van der Waals surface area contributed by atoms with Gasteiger partial charge in [0.25, 0.3) is 0 Å². The normalized spacial score (nSPS) is 12.5. The summed E-state index contributed by atoms with van der Waals surface area (Å²) in [6.07, 6.45) is -2.17. The number of hydrogen-bond acceptors (Lipinski definition) is 2. The van der Waals surface area contributed by atoms with E-state index in [9.17, 15) is 18.0 Å². The van der Waals surface area contributed by atoms with E-state index in [0.29, 0.717) is 6.42 Å². The molecule has 0 fully saturated rings. The van der Waals surface area contributed by atoms with Gasteiger partial charge in [0.1, 0.15) is 0 Å². The van der Waals surface area contributed by atoms with Gasteiger partial charge < -0.3 is 10.2 Å². The molecule has 0 spiro atoms. The topological polar surface area (TPSA) is 45.2 Å². The maximum atomic E-state index is 13.0. The number of nitrogens with one attached hydrogen (secondary N) is 1. The maximum Gasteiger partial charge on any atom is 0.416 e. The first kappa shape index (κ1) is 19.8. The summed E-state index contributed by atoms with van der Waals surface area (Å²) in [5.41, 5.74) is 1.24. The Labute approximate surface area is 151 Å². The van der Waals surface area contributed by atoms with E-state index in [1.165, 1.54) is 23.1 Å². The number of nitrogens with zero attached hydrogens (tertiary/aromatic N) is 2. The second-order valence-corrected chi connectivity index (χ2v) is 6.30. The van der Waals surface area contributed by atoms with Crippen LogP contribution >= 0.6 is 0 Å². The van der Waals surface area contributed by atoms with Crippen molar-refractivity contribution in [2.75, 3.05) is 7.05 Å². The van der Waals surface area contributed by atoms with E-state index in [1.807, 2.05) is 26.0 Å². The molecular weight excluding hydrogens is 343 g/mol. The molecule has 1 N–H and O–H groups in total. The van der Waals surface area contributed by atoms with Crippen molar-refractivity contribution < 1.29 is 18.0 Å². The molecule has 0 unspecified atom stereocenters. The summed E-state index contributed by atoms with van der Waals surface area (Å²) in [4.78, 5) is 18.0. The van der Waals surface area contributed by atoms with Crippen LogP contribution in [-0.4, -0.2) is 29.0 Å². The summed E-state index contributed by atoms with van der Waals surface area (Å²) in [6.45, 7) is 3.64. The van der Waals surface area contributed by atoms with E-state index in [1.54, 1.807) is 13.2 Å². The summed E-state index contributed by atoms with van der Waals surface area (Å²) in [5, 5.41) is 2.56. The largest absolute Gasteiger partial charge is 0.416 e. The Kier molecular flexibility index (Phi) is 6.23. The molecule has 4 nitrogen and oxygen atoms in total. The lowest BCUT2D eigenvalue weighted by atomic mass is 10.1. The molecule has 0 aliphatic rings. The highest BCUT2D eigenvalue weighted by Crippen LogP contribution is 2.31. The first-order valence-corrected chi connectivity index (χ1v) is 8.25. The lowest BCUT2D eigenvalue weighted by molar-refractivity contribution is -0.138. The molecule has 1 heterocycles. The Bertz CT molecular complexity index is 762. The third kappa shape index (κ3) is 5.21. The van der Waals surface area contributed by atoms with Crippen molar-refractivity contribution in [1.29, 1.82) is 0 Å². The quantitative estimate of drug-likeness (QED) is 0.864. The number of aryl methyl sites for hydroxylation is 1. The Balaban J connectivity index is 1.97. The fraction of sp³-hybridized carbons (Fsp3) is 0.368. The molecule has 0 radical (unpaired) electrons. The van der Waals surface area contributed by atoms with Gasteiger partial charge in [-0.1, -0.05) is 18.2 Å². The third-order valence-electron chi connectivity index (χ3n) is 4.21. The molecule has 7 heteroatoms. The van der Waals surface area contributed by atoms with E-state index in [0.717, 1.165) is 17.3 Å². The highest BCUT2D eigenvalue weighted by Gasteiger charge is 2.32. The smallest absolute Gasteiger partial charge is 0.334 e. The van der Waals surface area contributed by atoms with Gasteiger partial charge in [-0.25, -0.2) is 4.79 Å². The van der Waals surface area contributed by atoms with Crippen molar-refractivity contribution in [3.05, 3.63) is 65.0 Å². The number of amides is 2. The number of rotatable bonds is 5. The van der Waals surface area contributed by atoms with E-state index in [-0.39, 0.29) is 18.2 Å². The molecule has 140 valence electrons. The summed E-state index contributed by atoms with van der Waals surface area (Å²) in [6, 6.07) is 8.48. The molecule has 2 aromatic rings. The van der Waals surface area contributed by atoms with Gasteiger partial charge in [-0.3, -0.25) is 4.98 Å². The number of benzene rings is 1.